The van der Waals surface area contributed by atoms with E-state index in [2.05, 4.69) is 5.32 Å². The van der Waals surface area contributed by atoms with Crippen LogP contribution in [0.25, 0.3) is 0 Å². The molecule has 7 heteroatoms. The number of benzene rings is 1. The lowest BCUT2D eigenvalue weighted by atomic mass is 10.0. The summed E-state index contributed by atoms with van der Waals surface area (Å²) in [6.45, 7) is 1.34. The molecule has 1 aromatic carbocycles. The topological polar surface area (TPSA) is 125 Å². The zero-order valence-electron chi connectivity index (χ0n) is 12.5. The van der Waals surface area contributed by atoms with E-state index in [9.17, 15) is 14.7 Å². The fourth-order valence-electron chi connectivity index (χ4n) is 2.04. The molecule has 0 heterocycles. The van der Waals surface area contributed by atoms with Crippen LogP contribution in [0.1, 0.15) is 32.8 Å². The van der Waals surface area contributed by atoms with E-state index in [-0.39, 0.29) is 19.9 Å². The Hall–Kier alpha value is -1.96. The van der Waals surface area contributed by atoms with Gasteiger partial charge in [-0.15, -0.1) is 0 Å². The number of carbonyl (C=O) groups is 2. The van der Waals surface area contributed by atoms with Crippen molar-refractivity contribution >= 4 is 11.8 Å². The lowest BCUT2D eigenvalue weighted by molar-refractivity contribution is -0.137. The number of nitrogens with one attached hydrogen (secondary N) is 2. The zero-order valence-corrected chi connectivity index (χ0v) is 12.5. The van der Waals surface area contributed by atoms with Gasteiger partial charge in [0.2, 0.25) is 5.91 Å². The number of hydroxylamine groups is 1. The van der Waals surface area contributed by atoms with E-state index in [1.54, 1.807) is 0 Å². The van der Waals surface area contributed by atoms with Gasteiger partial charge < -0.3 is 16.2 Å². The highest BCUT2D eigenvalue weighted by atomic mass is 16.5. The highest BCUT2D eigenvalue weighted by Crippen LogP contribution is 2.06. The van der Waals surface area contributed by atoms with Gasteiger partial charge in [0.25, 0.3) is 5.91 Å². The van der Waals surface area contributed by atoms with Gasteiger partial charge >= 0.3 is 0 Å². The fraction of sp³-hybridized carbons (Fsp3) is 0.500. The summed E-state index contributed by atoms with van der Waals surface area (Å²) in [7, 11) is 0. The SMILES string of the molecule is C.C[C@@H](O)[C@H](NC(=O)C[C@@H](N)CCc1ccccc1)C(=O)NO. The van der Waals surface area contributed by atoms with E-state index in [0.29, 0.717) is 6.42 Å². The molecule has 0 radical (unpaired) electrons. The second-order valence-corrected chi connectivity index (χ2v) is 5.25. The number of aliphatic hydroxyl groups is 1. The maximum atomic E-state index is 11.8. The third-order valence-electron chi connectivity index (χ3n) is 3.29. The first kappa shape index (κ1) is 21.0. The van der Waals surface area contributed by atoms with Crippen molar-refractivity contribution in [3.05, 3.63) is 35.9 Å². The minimum absolute atomic E-state index is 0. The zero-order chi connectivity index (χ0) is 16.5. The predicted octanol–water partition coefficient (Wildman–Crippen LogP) is 0.344. The number of hydrogen-bond acceptors (Lipinski definition) is 5. The Morgan fingerprint density at radius 1 is 1.26 bits per heavy atom. The number of amides is 2. The number of rotatable bonds is 8. The number of nitrogens with two attached hydrogens (primary N) is 1. The normalized spacial score (nSPS) is 14.1. The highest BCUT2D eigenvalue weighted by molar-refractivity contribution is 5.87. The van der Waals surface area contributed by atoms with Gasteiger partial charge in [0.05, 0.1) is 6.10 Å². The minimum atomic E-state index is -1.21. The van der Waals surface area contributed by atoms with Crippen molar-refractivity contribution < 1.29 is 19.9 Å². The molecule has 0 aliphatic heterocycles. The summed E-state index contributed by atoms with van der Waals surface area (Å²) >= 11 is 0. The van der Waals surface area contributed by atoms with Gasteiger partial charge in [0.15, 0.2) is 0 Å². The molecule has 0 aromatic heterocycles. The van der Waals surface area contributed by atoms with Crippen LogP contribution >= 0.6 is 0 Å². The van der Waals surface area contributed by atoms with Crippen LogP contribution < -0.4 is 16.5 Å². The lowest BCUT2D eigenvalue weighted by Crippen LogP contribution is -2.52. The minimum Gasteiger partial charge on any atom is -0.391 e. The quantitative estimate of drug-likeness (QED) is 0.348. The average molecular weight is 325 g/mol. The lowest BCUT2D eigenvalue weighted by Gasteiger charge is -2.20. The van der Waals surface area contributed by atoms with Crippen LogP contribution in [0.5, 0.6) is 0 Å². The molecule has 0 spiro atoms. The molecular weight excluding hydrogens is 298 g/mol. The van der Waals surface area contributed by atoms with Crippen molar-refractivity contribution in [3.63, 3.8) is 0 Å². The number of aryl methyl sites for hydroxylation is 1. The van der Waals surface area contributed by atoms with E-state index in [1.807, 2.05) is 30.3 Å². The van der Waals surface area contributed by atoms with E-state index in [1.165, 1.54) is 12.4 Å². The maximum Gasteiger partial charge on any atom is 0.268 e. The summed E-state index contributed by atoms with van der Waals surface area (Å²) in [5.41, 5.74) is 8.46. The van der Waals surface area contributed by atoms with Gasteiger partial charge in [-0.3, -0.25) is 14.8 Å². The molecule has 3 atom stereocenters. The monoisotopic (exact) mass is 325 g/mol. The van der Waals surface area contributed by atoms with Crippen molar-refractivity contribution in [2.75, 3.05) is 0 Å². The van der Waals surface area contributed by atoms with Crippen molar-refractivity contribution in [1.29, 1.82) is 0 Å². The molecule has 130 valence electrons. The largest absolute Gasteiger partial charge is 0.391 e. The van der Waals surface area contributed by atoms with Crippen LogP contribution in [0.2, 0.25) is 0 Å². The third kappa shape index (κ3) is 7.73. The highest BCUT2D eigenvalue weighted by Gasteiger charge is 2.25. The number of aliphatic hydroxyl groups excluding tert-OH is 1. The molecule has 0 aliphatic rings. The third-order valence-corrected chi connectivity index (χ3v) is 3.29. The standard InChI is InChI=1S/C15H23N3O4.CH4/c1-10(19)14(15(21)18-22)17-13(20)9-12(16)8-7-11-5-3-2-4-6-11;/h2-6,10,12,14,19,22H,7-9,16H2,1H3,(H,17,20)(H,18,21);1H4/t10-,12+,14+;/m1./s1. The number of carbonyl (C=O) groups excluding carboxylic acids is 2. The summed E-state index contributed by atoms with van der Waals surface area (Å²) in [5, 5.41) is 20.4. The van der Waals surface area contributed by atoms with E-state index in [0.717, 1.165) is 12.0 Å². The summed E-state index contributed by atoms with van der Waals surface area (Å²) in [5.74, 6) is -1.32. The van der Waals surface area contributed by atoms with Gasteiger partial charge in [0, 0.05) is 12.5 Å². The molecule has 0 unspecified atom stereocenters. The van der Waals surface area contributed by atoms with Crippen LogP contribution in [0, 0.1) is 0 Å². The Morgan fingerprint density at radius 2 is 1.87 bits per heavy atom. The first-order chi connectivity index (χ1) is 10.4. The smallest absolute Gasteiger partial charge is 0.268 e. The Balaban J connectivity index is 0.00000484. The van der Waals surface area contributed by atoms with Crippen LogP contribution in [0.3, 0.4) is 0 Å². The molecule has 0 aliphatic carbocycles. The molecule has 2 amide bonds. The van der Waals surface area contributed by atoms with Crippen molar-refractivity contribution in [1.82, 2.24) is 10.8 Å². The number of hydrogen-bond donors (Lipinski definition) is 5. The van der Waals surface area contributed by atoms with Crippen LogP contribution in [-0.2, 0) is 16.0 Å². The molecular formula is C16H27N3O4. The summed E-state index contributed by atoms with van der Waals surface area (Å²) in [6, 6.07) is 8.22. The van der Waals surface area contributed by atoms with Crippen molar-refractivity contribution in [2.24, 2.45) is 5.73 Å². The molecule has 1 rings (SSSR count). The van der Waals surface area contributed by atoms with Gasteiger partial charge in [0.1, 0.15) is 6.04 Å². The summed E-state index contributed by atoms with van der Waals surface area (Å²) in [6.07, 6.45) is 0.293. The van der Waals surface area contributed by atoms with Gasteiger partial charge in [-0.2, -0.15) is 0 Å². The van der Waals surface area contributed by atoms with Gasteiger partial charge in [-0.1, -0.05) is 37.8 Å². The van der Waals surface area contributed by atoms with Crippen LogP contribution in [0.15, 0.2) is 30.3 Å². The molecule has 0 saturated carbocycles. The predicted molar refractivity (Wildman–Crippen MR) is 87.6 cm³/mol. The van der Waals surface area contributed by atoms with E-state index in [4.69, 9.17) is 10.9 Å². The Labute approximate surface area is 136 Å². The molecule has 1 aromatic rings. The molecule has 7 nitrogen and oxygen atoms in total. The Morgan fingerprint density at radius 3 is 2.39 bits per heavy atom. The van der Waals surface area contributed by atoms with Crippen molar-refractivity contribution in [2.45, 2.75) is 51.8 Å². The summed E-state index contributed by atoms with van der Waals surface area (Å²) < 4.78 is 0. The van der Waals surface area contributed by atoms with Gasteiger partial charge in [-0.25, -0.2) is 5.48 Å². The molecule has 6 N–H and O–H groups in total. The second kappa shape index (κ2) is 10.7. The van der Waals surface area contributed by atoms with E-state index >= 15 is 0 Å². The fourth-order valence-corrected chi connectivity index (χ4v) is 2.04. The summed E-state index contributed by atoms with van der Waals surface area (Å²) in [4.78, 5) is 23.2. The Bertz CT molecular complexity index is 479. The first-order valence-electron chi connectivity index (χ1n) is 7.15. The van der Waals surface area contributed by atoms with Gasteiger partial charge in [-0.05, 0) is 25.3 Å². The molecule has 23 heavy (non-hydrogen) atoms. The first-order valence-corrected chi connectivity index (χ1v) is 7.15. The average Bonchev–Trinajstić information content (AvgIpc) is 2.50. The van der Waals surface area contributed by atoms with Crippen LogP contribution in [-0.4, -0.2) is 40.3 Å². The molecule has 0 saturated heterocycles. The molecule has 0 fully saturated rings. The van der Waals surface area contributed by atoms with Crippen molar-refractivity contribution in [3.8, 4) is 0 Å². The maximum absolute atomic E-state index is 11.8. The Kier molecular flexibility index (Phi) is 9.80. The van der Waals surface area contributed by atoms with Crippen LogP contribution in [0.4, 0.5) is 0 Å². The molecule has 0 bridgehead atoms. The van der Waals surface area contributed by atoms with E-state index < -0.39 is 24.0 Å². The second-order valence-electron chi connectivity index (χ2n) is 5.25.